The maximum absolute atomic E-state index is 12.4. The van der Waals surface area contributed by atoms with Gasteiger partial charge in [0.2, 0.25) is 0 Å². The van der Waals surface area contributed by atoms with Crippen LogP contribution in [0.15, 0.2) is 58.3 Å². The maximum Gasteiger partial charge on any atom is 2.00 e. The molecule has 0 unspecified atom stereocenters. The predicted octanol–water partition coefficient (Wildman–Crippen LogP) is -0.800. The van der Waals surface area contributed by atoms with E-state index in [0.717, 1.165) is 0 Å². The van der Waals surface area contributed by atoms with Gasteiger partial charge in [-0.15, -0.1) is 0 Å². The van der Waals surface area contributed by atoms with Gasteiger partial charge >= 0.3 is 48.9 Å². The Bertz CT molecular complexity index is 616. The smallest absolute Gasteiger partial charge is 0.606 e. The zero-order valence-corrected chi connectivity index (χ0v) is 16.0. The predicted molar refractivity (Wildman–Crippen MR) is 72.0 cm³/mol. The van der Waals surface area contributed by atoms with Gasteiger partial charge in [0, 0.05) is 11.2 Å². The van der Waals surface area contributed by atoms with Crippen molar-refractivity contribution in [2.45, 2.75) is 9.79 Å². The summed E-state index contributed by atoms with van der Waals surface area (Å²) in [5.74, 6) is -2.94. The minimum Gasteiger partial charge on any atom is -0.606 e. The van der Waals surface area contributed by atoms with E-state index in [1.807, 2.05) is 0 Å². The van der Waals surface area contributed by atoms with Gasteiger partial charge in [-0.25, -0.2) is 0 Å². The Morgan fingerprint density at radius 1 is 0.762 bits per heavy atom. The fourth-order valence-electron chi connectivity index (χ4n) is 1.71. The first kappa shape index (κ1) is 18.3. The van der Waals surface area contributed by atoms with Crippen LogP contribution in [0.5, 0.6) is 0 Å². The minimum atomic E-state index is -1.95. The van der Waals surface area contributed by atoms with Crippen molar-refractivity contribution in [2.75, 3.05) is 0 Å². The van der Waals surface area contributed by atoms with E-state index in [4.69, 9.17) is 0 Å². The molecule has 0 saturated heterocycles. The number of carbonyl (C=O) groups excluding carboxylic acids is 2. The molecule has 0 atom stereocenters. The molecule has 0 heterocycles. The summed E-state index contributed by atoms with van der Waals surface area (Å²) in [5, 5.41) is 22.0. The molecule has 0 aliphatic heterocycles. The maximum atomic E-state index is 12.4. The molecule has 0 fully saturated rings. The molecule has 7 heteroatoms. The first-order valence-electron chi connectivity index (χ1n) is 5.55. The third kappa shape index (κ3) is 4.13. The van der Waals surface area contributed by atoms with E-state index in [2.05, 4.69) is 0 Å². The van der Waals surface area contributed by atoms with Crippen molar-refractivity contribution in [2.24, 2.45) is 0 Å². The number of benzene rings is 2. The number of carbonyl (C=O) groups is 2. The molecule has 0 saturated carbocycles. The van der Waals surface area contributed by atoms with Gasteiger partial charge in [0.15, 0.2) is 9.79 Å². The third-order valence-electron chi connectivity index (χ3n) is 2.61. The Morgan fingerprint density at radius 3 is 1.43 bits per heavy atom. The second-order valence-corrected chi connectivity index (χ2v) is 5.25. The summed E-state index contributed by atoms with van der Waals surface area (Å²) in [6.07, 6.45) is 0. The topological polar surface area (TPSA) is 103 Å². The number of carboxylic acids is 2. The van der Waals surface area contributed by atoms with E-state index >= 15 is 0 Å². The van der Waals surface area contributed by atoms with Crippen molar-refractivity contribution >= 4 is 72.0 Å². The summed E-state index contributed by atoms with van der Waals surface area (Å²) in [5.41, 5.74) is -0.474. The number of hydrogen-bond acceptors (Lipinski definition) is 5. The summed E-state index contributed by atoms with van der Waals surface area (Å²) < 4.78 is 12.4. The van der Waals surface area contributed by atoms with E-state index in [-0.39, 0.29) is 69.8 Å². The number of aromatic carboxylic acids is 2. The van der Waals surface area contributed by atoms with Crippen molar-refractivity contribution in [1.29, 1.82) is 0 Å². The summed E-state index contributed by atoms with van der Waals surface area (Å²) >= 11 is -1.95. The molecule has 21 heavy (non-hydrogen) atoms. The van der Waals surface area contributed by atoms with Crippen LogP contribution in [0.25, 0.3) is 0 Å². The molecular formula is C14H8BaO5S. The van der Waals surface area contributed by atoms with E-state index in [0.29, 0.717) is 0 Å². The van der Waals surface area contributed by atoms with Crippen molar-refractivity contribution in [3.05, 3.63) is 59.7 Å². The number of rotatable bonds is 4. The SMILES string of the molecule is O=C([O-])c1ccccc1[S+]([O-])c1ccccc1C(=O)[O-].[Ba+2]. The second kappa shape index (κ2) is 8.04. The van der Waals surface area contributed by atoms with Crippen LogP contribution in [0.3, 0.4) is 0 Å². The van der Waals surface area contributed by atoms with E-state index in [1.54, 1.807) is 0 Å². The van der Waals surface area contributed by atoms with Crippen LogP contribution >= 0.6 is 0 Å². The van der Waals surface area contributed by atoms with E-state index in [1.165, 1.54) is 48.5 Å². The monoisotopic (exact) mass is 426 g/mol. The Balaban J connectivity index is 0.00000220. The van der Waals surface area contributed by atoms with Crippen LogP contribution < -0.4 is 10.2 Å². The first-order valence-corrected chi connectivity index (χ1v) is 6.70. The molecule has 0 N–H and O–H groups in total. The van der Waals surface area contributed by atoms with Crippen LogP contribution in [0.2, 0.25) is 0 Å². The summed E-state index contributed by atoms with van der Waals surface area (Å²) in [6, 6.07) is 11.2. The molecule has 5 nitrogen and oxygen atoms in total. The van der Waals surface area contributed by atoms with Crippen LogP contribution in [-0.4, -0.2) is 65.4 Å². The van der Waals surface area contributed by atoms with Crippen LogP contribution in [0.4, 0.5) is 0 Å². The van der Waals surface area contributed by atoms with Crippen LogP contribution in [0.1, 0.15) is 20.7 Å². The molecule has 2 rings (SSSR count). The normalized spacial score (nSPS) is 10.0. The second-order valence-electron chi connectivity index (χ2n) is 3.84. The molecule has 0 aromatic heterocycles. The van der Waals surface area contributed by atoms with Crippen LogP contribution in [0, 0.1) is 0 Å². The number of carboxylic acid groups (broad SMARTS) is 2. The first-order chi connectivity index (χ1) is 9.52. The van der Waals surface area contributed by atoms with Gasteiger partial charge in [0.05, 0.1) is 23.1 Å². The Morgan fingerprint density at radius 2 is 1.10 bits per heavy atom. The fraction of sp³-hybridized carbons (Fsp3) is 0. The molecule has 0 bridgehead atoms. The van der Waals surface area contributed by atoms with Crippen LogP contribution in [-0.2, 0) is 11.2 Å². The van der Waals surface area contributed by atoms with E-state index in [9.17, 15) is 24.4 Å². The van der Waals surface area contributed by atoms with Gasteiger partial charge in [-0.2, -0.15) is 0 Å². The largest absolute Gasteiger partial charge is 2.00 e. The van der Waals surface area contributed by atoms with Gasteiger partial charge in [-0.3, -0.25) is 0 Å². The third-order valence-corrected chi connectivity index (χ3v) is 4.12. The molecule has 0 aliphatic rings. The van der Waals surface area contributed by atoms with Crippen molar-refractivity contribution < 1.29 is 24.4 Å². The summed E-state index contributed by atoms with van der Waals surface area (Å²) in [7, 11) is 0. The van der Waals surface area contributed by atoms with Gasteiger partial charge in [0.1, 0.15) is 0 Å². The van der Waals surface area contributed by atoms with Crippen molar-refractivity contribution in [3.63, 3.8) is 0 Å². The van der Waals surface area contributed by atoms with Gasteiger partial charge in [-0.1, -0.05) is 24.3 Å². The quantitative estimate of drug-likeness (QED) is 0.471. The molecular weight excluding hydrogens is 418 g/mol. The molecule has 0 spiro atoms. The molecule has 2 aromatic rings. The summed E-state index contributed by atoms with van der Waals surface area (Å²) in [4.78, 5) is 22.0. The van der Waals surface area contributed by atoms with Gasteiger partial charge in [0.25, 0.3) is 0 Å². The minimum absolute atomic E-state index is 0. The fourth-order valence-corrected chi connectivity index (χ4v) is 3.06. The molecule has 0 amide bonds. The molecule has 0 aliphatic carbocycles. The van der Waals surface area contributed by atoms with Crippen molar-refractivity contribution in [1.82, 2.24) is 0 Å². The number of hydrogen-bond donors (Lipinski definition) is 0. The van der Waals surface area contributed by atoms with Gasteiger partial charge in [-0.05, 0) is 24.3 Å². The van der Waals surface area contributed by atoms with Gasteiger partial charge < -0.3 is 24.4 Å². The Labute approximate surface area is 164 Å². The van der Waals surface area contributed by atoms with E-state index < -0.39 is 23.1 Å². The molecule has 102 valence electrons. The zero-order chi connectivity index (χ0) is 14.7. The Hall–Kier alpha value is -0.739. The molecule has 2 aromatic carbocycles. The van der Waals surface area contributed by atoms with Crippen molar-refractivity contribution in [3.8, 4) is 0 Å². The molecule has 0 radical (unpaired) electrons. The summed E-state index contributed by atoms with van der Waals surface area (Å²) in [6.45, 7) is 0. The average molecular weight is 426 g/mol. The average Bonchev–Trinajstić information content (AvgIpc) is 2.46. The Kier molecular flexibility index (Phi) is 7.01. The zero-order valence-electron chi connectivity index (χ0n) is 10.8. The standard InChI is InChI=1S/C14H10O5S.Ba/c15-13(16)9-5-1-3-7-11(9)20(19)12-8-4-2-6-10(12)14(17)18;/h1-8H,(H,15,16)(H,17,18);/q;+2/p-2.